The molecule has 0 radical (unpaired) electrons. The second-order valence-electron chi connectivity index (χ2n) is 12.3. The van der Waals surface area contributed by atoms with Gasteiger partial charge in [-0.3, -0.25) is 14.4 Å². The first-order chi connectivity index (χ1) is 24.7. The number of fused-ring (bicyclic) bond motifs is 1. The van der Waals surface area contributed by atoms with Crippen LogP contribution in [0, 0.1) is 0 Å². The zero-order valence-electron chi connectivity index (χ0n) is 30.2. The van der Waals surface area contributed by atoms with Crippen LogP contribution in [0.4, 0.5) is 0 Å². The van der Waals surface area contributed by atoms with E-state index < -0.39 is 50.4 Å². The molecule has 1 saturated heterocycles. The molecule has 51 heavy (non-hydrogen) atoms. The van der Waals surface area contributed by atoms with E-state index in [1.165, 1.54) is 19.8 Å². The number of nitrogens with two attached hydrogens (primary N) is 1. The van der Waals surface area contributed by atoms with Crippen molar-refractivity contribution in [3.63, 3.8) is 0 Å². The first kappa shape index (κ1) is 42.0. The lowest BCUT2D eigenvalue weighted by Crippen LogP contribution is -2.51. The summed E-state index contributed by atoms with van der Waals surface area (Å²) in [5, 5.41) is 24.4. The van der Waals surface area contributed by atoms with Gasteiger partial charge in [-0.15, -0.1) is 0 Å². The van der Waals surface area contributed by atoms with E-state index in [-0.39, 0.29) is 17.9 Å². The number of hydrogen-bond acceptors (Lipinski definition) is 12. The molecule has 5 N–H and O–H groups in total. The van der Waals surface area contributed by atoms with Crippen LogP contribution in [0.5, 0.6) is 0 Å². The molecule has 0 aromatic heterocycles. The number of nitrogens with zero attached hydrogens (tertiary/aromatic N) is 4. The normalized spacial score (nSPS) is 26.8. The maximum absolute atomic E-state index is 13.3. The van der Waals surface area contributed by atoms with Crippen LogP contribution in [-0.2, 0) is 23.1 Å². The molecule has 4 unspecified atom stereocenters. The van der Waals surface area contributed by atoms with Crippen molar-refractivity contribution >= 4 is 32.0 Å². The summed E-state index contributed by atoms with van der Waals surface area (Å²) in [6.07, 6.45) is 29.5. The molecule has 0 saturated carbocycles. The summed E-state index contributed by atoms with van der Waals surface area (Å²) in [6.45, 7) is 4.04. The Morgan fingerprint density at radius 3 is 2.16 bits per heavy atom. The molecule has 3 heterocycles. The summed E-state index contributed by atoms with van der Waals surface area (Å²) in [7, 11) is -2.31. The van der Waals surface area contributed by atoms with Crippen molar-refractivity contribution < 1.29 is 33.4 Å². The van der Waals surface area contributed by atoms with E-state index in [9.17, 15) is 19.6 Å². The van der Waals surface area contributed by atoms with Crippen molar-refractivity contribution in [3.05, 3.63) is 72.9 Å². The number of carbonyl (C=O) groups excluding carboxylic acids is 1. The summed E-state index contributed by atoms with van der Waals surface area (Å²) in [4.78, 5) is 26.4. The van der Waals surface area contributed by atoms with Gasteiger partial charge in [0.2, 0.25) is 5.91 Å². The lowest BCUT2D eigenvalue weighted by Gasteiger charge is -2.32. The number of aliphatic imine (C=N–C) groups is 3. The van der Waals surface area contributed by atoms with E-state index in [0.29, 0.717) is 25.8 Å². The van der Waals surface area contributed by atoms with E-state index in [1.807, 2.05) is 12.2 Å². The number of aliphatic hydroxyl groups excluding tert-OH is 2. The summed E-state index contributed by atoms with van der Waals surface area (Å²) in [5.74, 6) is 0.193. The zero-order valence-corrected chi connectivity index (χ0v) is 31.0. The fourth-order valence-electron chi connectivity index (χ4n) is 5.57. The average molecular weight is 729 g/mol. The van der Waals surface area contributed by atoms with Crippen molar-refractivity contribution in [2.75, 3.05) is 19.8 Å². The van der Waals surface area contributed by atoms with E-state index >= 15 is 0 Å². The van der Waals surface area contributed by atoms with Crippen LogP contribution in [0.25, 0.3) is 0 Å². The van der Waals surface area contributed by atoms with Crippen LogP contribution in [0.1, 0.15) is 71.6 Å². The van der Waals surface area contributed by atoms with Gasteiger partial charge in [0, 0.05) is 20.1 Å². The maximum atomic E-state index is 13.3. The van der Waals surface area contributed by atoms with E-state index in [1.54, 1.807) is 11.8 Å². The highest BCUT2D eigenvalue weighted by molar-refractivity contribution is 7.53. The Kier molecular flexibility index (Phi) is 19.1. The van der Waals surface area contributed by atoms with Gasteiger partial charge in [0.05, 0.1) is 18.6 Å². The summed E-state index contributed by atoms with van der Waals surface area (Å²) in [5.41, 5.74) is 5.92. The van der Waals surface area contributed by atoms with Crippen LogP contribution in [0.3, 0.4) is 0 Å². The van der Waals surface area contributed by atoms with Crippen LogP contribution in [0.2, 0.25) is 0 Å². The number of amides is 1. The molecule has 1 amide bonds. The van der Waals surface area contributed by atoms with E-state index in [4.69, 9.17) is 19.5 Å². The number of allylic oxidation sites excluding steroid dienone is 12. The van der Waals surface area contributed by atoms with Crippen molar-refractivity contribution in [2.45, 2.75) is 114 Å². The molecule has 0 bridgehead atoms. The molecule has 8 atom stereocenters. The summed E-state index contributed by atoms with van der Waals surface area (Å²) >= 11 is 0. The predicted octanol–water partition coefficient (Wildman–Crippen LogP) is 5.10. The third kappa shape index (κ3) is 14.2. The van der Waals surface area contributed by atoms with Gasteiger partial charge in [0.1, 0.15) is 36.5 Å². The van der Waals surface area contributed by atoms with Crippen molar-refractivity contribution in [2.24, 2.45) is 20.7 Å². The van der Waals surface area contributed by atoms with E-state index in [0.717, 1.165) is 38.5 Å². The molecule has 1 fully saturated rings. The fraction of sp³-hybridized carbons (Fsp3) is 0.568. The van der Waals surface area contributed by atoms with Gasteiger partial charge in [0.25, 0.3) is 0 Å². The number of aliphatic hydroxyl groups is 2. The molecule has 0 aromatic rings. The Labute approximate surface area is 303 Å². The first-order valence-corrected chi connectivity index (χ1v) is 19.6. The molecule has 0 spiro atoms. The van der Waals surface area contributed by atoms with Crippen molar-refractivity contribution in [1.82, 2.24) is 10.2 Å². The molecule has 13 nitrogen and oxygen atoms in total. The summed E-state index contributed by atoms with van der Waals surface area (Å²) < 4.78 is 30.3. The molecule has 0 aliphatic carbocycles. The number of ether oxygens (including phenoxy) is 1. The van der Waals surface area contributed by atoms with E-state index in [2.05, 4.69) is 88.0 Å². The Morgan fingerprint density at radius 2 is 1.57 bits per heavy atom. The molecule has 0 aromatic carbocycles. The fourth-order valence-corrected chi connectivity index (χ4v) is 7.11. The SMILES string of the molecule is CC/C=C\C/C=C\C/C=C\C/C=C\C/C=C\C/C=C\CCC(=O)NCCCP(=O)(OC)OC(C)[C@H]1O[C@@H](N2C=NC3C(N)=NC=NC32)[C@H](O)[C@@H]1O. The molecule has 3 aliphatic heterocycles. The quantitative estimate of drug-likeness (QED) is 0.0633. The van der Waals surface area contributed by atoms with Crippen LogP contribution >= 0.6 is 7.60 Å². The molecular formula is C37H57N6O7P. The average Bonchev–Trinajstić information content (AvgIpc) is 3.68. The lowest BCUT2D eigenvalue weighted by molar-refractivity contribution is -0.121. The number of rotatable bonds is 23. The Bertz CT molecular complexity index is 1390. The molecule has 3 rings (SSSR count). The standard InChI is InChI=1S/C37H57N6O7P/c1-4-5-6-7-8-9-10-11-12-13-14-15-16-17-18-19-20-21-22-24-30(44)39-25-23-26-51(47,48-3)50-29(2)34-32(45)33(46)37(49-34)43-28-42-31-35(38)40-27-41-36(31)43/h5-6,8-9,11-12,14-15,17-18,20-21,27-29,31-34,36-37,45-46H,4,7,10,13,16,19,22-26H2,1-3H3,(H,39,44)(H2,38,40,41)/b6-5-,9-8-,12-11-,15-14-,18-17-,21-20-/t29?,31?,32-,33+,34+,36?,37+,51?/m0/s1. The monoisotopic (exact) mass is 728 g/mol. The van der Waals surface area contributed by atoms with Crippen LogP contribution in [-0.4, -0.2) is 102 Å². The number of carbonyl (C=O) groups is 1. The number of nitrogens with one attached hydrogen (secondary N) is 1. The minimum absolute atomic E-state index is 0.0476. The Balaban J connectivity index is 1.25. The maximum Gasteiger partial charge on any atom is 0.330 e. The van der Waals surface area contributed by atoms with Crippen LogP contribution in [0.15, 0.2) is 87.9 Å². The Hall–Kier alpha value is -3.45. The van der Waals surface area contributed by atoms with Gasteiger partial charge in [-0.05, 0) is 58.3 Å². The number of hydrogen-bond donors (Lipinski definition) is 4. The van der Waals surface area contributed by atoms with Crippen molar-refractivity contribution in [1.29, 1.82) is 0 Å². The minimum Gasteiger partial charge on any atom is -0.387 e. The van der Waals surface area contributed by atoms with Gasteiger partial charge < -0.3 is 39.9 Å². The minimum atomic E-state index is -3.60. The van der Waals surface area contributed by atoms with Gasteiger partial charge >= 0.3 is 7.60 Å². The van der Waals surface area contributed by atoms with Gasteiger partial charge in [-0.1, -0.05) is 79.8 Å². The third-order valence-electron chi connectivity index (χ3n) is 8.38. The summed E-state index contributed by atoms with van der Waals surface area (Å²) in [6, 6.07) is -0.512. The highest BCUT2D eigenvalue weighted by Crippen LogP contribution is 2.50. The lowest BCUT2D eigenvalue weighted by atomic mass is 10.1. The second-order valence-corrected chi connectivity index (χ2v) is 14.6. The largest absolute Gasteiger partial charge is 0.387 e. The van der Waals surface area contributed by atoms with Gasteiger partial charge in [-0.25, -0.2) is 9.98 Å². The Morgan fingerprint density at radius 1 is 0.980 bits per heavy atom. The number of amidine groups is 1. The molecule has 3 aliphatic rings. The third-order valence-corrected chi connectivity index (χ3v) is 10.5. The molecular weight excluding hydrogens is 671 g/mol. The second kappa shape index (κ2) is 23.2. The van der Waals surface area contributed by atoms with Crippen LogP contribution < -0.4 is 11.1 Å². The first-order valence-electron chi connectivity index (χ1n) is 17.9. The topological polar surface area (TPSA) is 181 Å². The predicted molar refractivity (Wildman–Crippen MR) is 204 cm³/mol. The smallest absolute Gasteiger partial charge is 0.330 e. The van der Waals surface area contributed by atoms with Gasteiger partial charge in [0.15, 0.2) is 12.4 Å². The molecule has 14 heteroatoms. The highest BCUT2D eigenvalue weighted by Gasteiger charge is 2.52. The highest BCUT2D eigenvalue weighted by atomic mass is 31.2. The zero-order chi connectivity index (χ0) is 36.9. The molecule has 282 valence electrons. The van der Waals surface area contributed by atoms with Gasteiger partial charge in [-0.2, -0.15) is 0 Å². The van der Waals surface area contributed by atoms with Crippen molar-refractivity contribution in [3.8, 4) is 0 Å².